The van der Waals surface area contributed by atoms with Crippen LogP contribution in [0.2, 0.25) is 0 Å². The summed E-state index contributed by atoms with van der Waals surface area (Å²) in [6, 6.07) is 0. The molecule has 3 aliphatic heterocycles. The smallest absolute Gasteiger partial charge is 0.257 e. The monoisotopic (exact) mass is 374 g/mol. The van der Waals surface area contributed by atoms with Crippen molar-refractivity contribution in [2.24, 2.45) is 10.3 Å². The molecule has 1 N–H and O–H groups in total. The van der Waals surface area contributed by atoms with Crippen molar-refractivity contribution in [1.82, 2.24) is 15.1 Å². The number of carbonyl (C=O) groups is 1. The van der Waals surface area contributed by atoms with Crippen LogP contribution in [0.4, 0.5) is 0 Å². The van der Waals surface area contributed by atoms with E-state index in [2.05, 4.69) is 9.71 Å². The van der Waals surface area contributed by atoms with Gasteiger partial charge in [-0.05, 0) is 44.5 Å². The molecule has 1 unspecified atom stereocenters. The Morgan fingerprint density at radius 2 is 2.21 bits per heavy atom. The van der Waals surface area contributed by atoms with Crippen molar-refractivity contribution < 1.29 is 13.2 Å². The summed E-state index contributed by atoms with van der Waals surface area (Å²) in [5, 5.41) is 3.16. The second-order valence-corrected chi connectivity index (χ2v) is 7.89. The maximum Gasteiger partial charge on any atom is 0.257 e. The zero-order valence-corrected chi connectivity index (χ0v) is 15.3. The summed E-state index contributed by atoms with van der Waals surface area (Å²) in [6.07, 6.45) is 7.28. The number of rotatable bonds is 3. The molecule has 0 aromatic heterocycles. The normalized spacial score (nSPS) is 25.3. The molecule has 0 radical (unpaired) electrons. The van der Waals surface area contributed by atoms with Crippen LogP contribution in [-0.4, -0.2) is 68.9 Å². The first-order valence-electron chi connectivity index (χ1n) is 7.92. The van der Waals surface area contributed by atoms with Gasteiger partial charge in [0.25, 0.3) is 15.9 Å². The molecule has 0 aromatic rings. The molecule has 24 heavy (non-hydrogen) atoms. The highest BCUT2D eigenvalue weighted by molar-refractivity contribution is 7.90. The summed E-state index contributed by atoms with van der Waals surface area (Å²) in [5.74, 6) is 0.553. The fourth-order valence-corrected chi connectivity index (χ4v) is 4.24. The molecule has 1 fully saturated rings. The van der Waals surface area contributed by atoms with Gasteiger partial charge in [0.15, 0.2) is 5.84 Å². The van der Waals surface area contributed by atoms with Crippen LogP contribution in [-0.2, 0) is 14.8 Å². The molecule has 1 atom stereocenters. The summed E-state index contributed by atoms with van der Waals surface area (Å²) >= 11 is 0. The lowest BCUT2D eigenvalue weighted by Crippen LogP contribution is -2.47. The van der Waals surface area contributed by atoms with Gasteiger partial charge in [-0.25, -0.2) is 8.42 Å². The zero-order valence-electron chi connectivity index (χ0n) is 13.6. The van der Waals surface area contributed by atoms with Crippen LogP contribution < -0.4 is 5.32 Å². The van der Waals surface area contributed by atoms with E-state index in [9.17, 15) is 13.2 Å². The number of likely N-dealkylation sites (tertiary alicyclic amines) is 1. The van der Waals surface area contributed by atoms with Gasteiger partial charge < -0.3 is 15.1 Å². The lowest BCUT2D eigenvalue weighted by Gasteiger charge is -2.35. The Bertz CT molecular complexity index is 685. The van der Waals surface area contributed by atoms with E-state index in [1.54, 1.807) is 23.3 Å². The fourth-order valence-electron chi connectivity index (χ4n) is 3.26. The Labute approximate surface area is 148 Å². The predicted molar refractivity (Wildman–Crippen MR) is 95.6 cm³/mol. The number of nitrogens with zero attached hydrogens (tertiary/aromatic N) is 3. The number of hydrogen-bond donors (Lipinski definition) is 1. The molecule has 3 heterocycles. The predicted octanol–water partition coefficient (Wildman–Crippen LogP) is 0.364. The average molecular weight is 375 g/mol. The molecule has 1 amide bonds. The van der Waals surface area contributed by atoms with Crippen molar-refractivity contribution >= 4 is 34.2 Å². The average Bonchev–Trinajstić information content (AvgIpc) is 2.53. The van der Waals surface area contributed by atoms with E-state index in [1.807, 2.05) is 11.9 Å². The summed E-state index contributed by atoms with van der Waals surface area (Å²) in [5.41, 5.74) is 0.376. The summed E-state index contributed by atoms with van der Waals surface area (Å²) in [6.45, 7) is 2.62. The molecular weight excluding hydrogens is 352 g/mol. The van der Waals surface area contributed by atoms with E-state index >= 15 is 0 Å². The number of fused-ring (bicyclic) bond motifs is 1. The lowest BCUT2D eigenvalue weighted by atomic mass is 9.97. The SMILES string of the molecule is CNCC1CCCN(C(=O)C2=CC=CN3CCS(=O)(=O)N=C23)C1.Cl. The minimum absolute atomic E-state index is 0. The highest BCUT2D eigenvalue weighted by Crippen LogP contribution is 2.22. The number of halogens is 1. The molecule has 134 valence electrons. The minimum atomic E-state index is -3.48. The van der Waals surface area contributed by atoms with Crippen molar-refractivity contribution in [3.05, 3.63) is 23.9 Å². The molecule has 0 aromatic carbocycles. The standard InChI is InChI=1S/C15H22N4O3S.ClH/c1-16-10-12-4-2-7-19(11-12)15(20)13-5-3-6-18-8-9-23(21,22)17-14(13)18;/h3,5-6,12,16H,2,4,7-11H2,1H3;1H. The van der Waals surface area contributed by atoms with Crippen LogP contribution in [0.15, 0.2) is 28.3 Å². The highest BCUT2D eigenvalue weighted by atomic mass is 35.5. The number of amides is 1. The molecular formula is C15H23ClN4O3S. The van der Waals surface area contributed by atoms with Crippen LogP contribution in [0, 0.1) is 5.92 Å². The quantitative estimate of drug-likeness (QED) is 0.771. The van der Waals surface area contributed by atoms with Crippen molar-refractivity contribution in [3.8, 4) is 0 Å². The number of carbonyl (C=O) groups excluding carboxylic acids is 1. The van der Waals surface area contributed by atoms with Gasteiger partial charge in [0.05, 0.1) is 11.3 Å². The number of hydrogen-bond acceptors (Lipinski definition) is 5. The van der Waals surface area contributed by atoms with Gasteiger partial charge in [0.2, 0.25) is 0 Å². The number of allylic oxidation sites excluding steroid dienone is 2. The van der Waals surface area contributed by atoms with Gasteiger partial charge in [0.1, 0.15) is 0 Å². The molecule has 0 saturated carbocycles. The van der Waals surface area contributed by atoms with Crippen LogP contribution in [0.3, 0.4) is 0 Å². The van der Waals surface area contributed by atoms with Crippen molar-refractivity contribution in [2.75, 3.05) is 39.0 Å². The number of amidine groups is 1. The molecule has 3 aliphatic rings. The van der Waals surface area contributed by atoms with E-state index < -0.39 is 10.0 Å². The number of piperidine rings is 1. The van der Waals surface area contributed by atoms with Crippen molar-refractivity contribution in [1.29, 1.82) is 0 Å². The Hall–Kier alpha value is -1.38. The Morgan fingerprint density at radius 3 is 2.96 bits per heavy atom. The second kappa shape index (κ2) is 7.67. The Balaban J connectivity index is 0.00000208. The molecule has 1 saturated heterocycles. The Morgan fingerprint density at radius 1 is 1.42 bits per heavy atom. The van der Waals surface area contributed by atoms with E-state index in [0.29, 0.717) is 31.1 Å². The molecule has 0 aliphatic carbocycles. The maximum atomic E-state index is 12.9. The van der Waals surface area contributed by atoms with Crippen LogP contribution in [0.5, 0.6) is 0 Å². The summed E-state index contributed by atoms with van der Waals surface area (Å²) in [4.78, 5) is 16.4. The molecule has 0 bridgehead atoms. The molecule has 7 nitrogen and oxygen atoms in total. The molecule has 3 rings (SSSR count). The van der Waals surface area contributed by atoms with E-state index in [4.69, 9.17) is 0 Å². The first-order chi connectivity index (χ1) is 11.0. The van der Waals surface area contributed by atoms with Crippen molar-refractivity contribution in [2.45, 2.75) is 12.8 Å². The van der Waals surface area contributed by atoms with E-state index in [1.165, 1.54) is 0 Å². The van der Waals surface area contributed by atoms with Crippen LogP contribution in [0.25, 0.3) is 0 Å². The summed E-state index contributed by atoms with van der Waals surface area (Å²) < 4.78 is 27.4. The van der Waals surface area contributed by atoms with E-state index in [0.717, 1.165) is 19.4 Å². The topological polar surface area (TPSA) is 82.1 Å². The molecule has 0 spiro atoms. The maximum absolute atomic E-state index is 12.9. The highest BCUT2D eigenvalue weighted by Gasteiger charge is 2.33. The number of sulfonamides is 1. The van der Waals surface area contributed by atoms with Gasteiger partial charge in [-0.3, -0.25) is 4.79 Å². The van der Waals surface area contributed by atoms with Crippen LogP contribution >= 0.6 is 12.4 Å². The van der Waals surface area contributed by atoms with Gasteiger partial charge in [0, 0.05) is 25.8 Å². The van der Waals surface area contributed by atoms with Crippen LogP contribution in [0.1, 0.15) is 12.8 Å². The van der Waals surface area contributed by atoms with Gasteiger partial charge in [-0.2, -0.15) is 0 Å². The zero-order chi connectivity index (χ0) is 16.4. The Kier molecular flexibility index (Phi) is 6.06. The van der Waals surface area contributed by atoms with Crippen molar-refractivity contribution in [3.63, 3.8) is 0 Å². The van der Waals surface area contributed by atoms with Gasteiger partial charge in [-0.15, -0.1) is 16.8 Å². The third kappa shape index (κ3) is 3.99. The largest absolute Gasteiger partial charge is 0.338 e. The third-order valence-corrected chi connectivity index (χ3v) is 5.54. The number of nitrogens with one attached hydrogen (secondary N) is 1. The lowest BCUT2D eigenvalue weighted by molar-refractivity contribution is -0.128. The summed E-state index contributed by atoms with van der Waals surface area (Å²) in [7, 11) is -1.57. The fraction of sp³-hybridized carbons (Fsp3) is 0.600. The van der Waals surface area contributed by atoms with E-state index in [-0.39, 0.29) is 29.9 Å². The van der Waals surface area contributed by atoms with Gasteiger partial charge >= 0.3 is 0 Å². The second-order valence-electron chi connectivity index (χ2n) is 6.13. The first kappa shape index (κ1) is 19.0. The minimum Gasteiger partial charge on any atom is -0.338 e. The van der Waals surface area contributed by atoms with Gasteiger partial charge in [-0.1, -0.05) is 0 Å². The third-order valence-electron chi connectivity index (χ3n) is 4.39. The molecule has 9 heteroatoms. The first-order valence-corrected chi connectivity index (χ1v) is 9.53.